The zero-order valence-electron chi connectivity index (χ0n) is 22.7. The predicted octanol–water partition coefficient (Wildman–Crippen LogP) is 6.44. The van der Waals surface area contributed by atoms with Crippen LogP contribution in [-0.4, -0.2) is 27.8 Å². The van der Waals surface area contributed by atoms with E-state index in [0.29, 0.717) is 31.0 Å². The van der Waals surface area contributed by atoms with Crippen LogP contribution in [0.5, 0.6) is 11.5 Å². The zero-order valence-corrected chi connectivity index (χ0v) is 22.7. The van der Waals surface area contributed by atoms with Crippen LogP contribution < -0.4 is 10.1 Å². The fourth-order valence-electron chi connectivity index (χ4n) is 5.10. The minimum absolute atomic E-state index is 0.0411. The molecule has 1 aliphatic carbocycles. The van der Waals surface area contributed by atoms with Crippen LogP contribution in [0.2, 0.25) is 0 Å². The number of aromatic nitrogens is 2. The minimum Gasteiger partial charge on any atom is -0.457 e. The standard InChI is InChI=1S/C33H35N3O4/c1-24-19-34-23-36(24)20-32(37)31-17-12-26(31)18-27(22-39-21-25-8-4-2-5-9-25)33(38)35-28-13-15-30(16-14-28)40-29-10-6-3-7-11-29/h2-11,13-16,19,23,26-27,31H,12,17-18,20-22H2,1H3,(H,35,38). The van der Waals surface area contributed by atoms with Gasteiger partial charge in [0.25, 0.3) is 0 Å². The number of aryl methyl sites for hydroxylation is 1. The maximum absolute atomic E-state index is 13.5. The van der Waals surface area contributed by atoms with Crippen LogP contribution in [0.15, 0.2) is 97.5 Å². The normalized spacial score (nSPS) is 17.0. The number of benzene rings is 3. The number of hydrogen-bond donors (Lipinski definition) is 1. The second kappa shape index (κ2) is 13.2. The number of amides is 1. The molecule has 3 aromatic carbocycles. The number of para-hydroxylation sites is 1. The number of hydrogen-bond acceptors (Lipinski definition) is 5. The van der Waals surface area contributed by atoms with Crippen molar-refractivity contribution < 1.29 is 19.1 Å². The first kappa shape index (κ1) is 27.3. The molecular weight excluding hydrogens is 502 g/mol. The maximum atomic E-state index is 13.5. The monoisotopic (exact) mass is 537 g/mol. The lowest BCUT2D eigenvalue weighted by Gasteiger charge is -2.37. The number of ketones is 1. The minimum atomic E-state index is -0.375. The molecule has 0 spiro atoms. The topological polar surface area (TPSA) is 82.5 Å². The van der Waals surface area contributed by atoms with Crippen molar-refractivity contribution in [2.24, 2.45) is 17.8 Å². The van der Waals surface area contributed by atoms with Crippen LogP contribution in [0.25, 0.3) is 0 Å². The molecule has 4 aromatic rings. The number of nitrogens with zero attached hydrogens (tertiary/aromatic N) is 2. The number of imidazole rings is 1. The van der Waals surface area contributed by atoms with Gasteiger partial charge in [0.2, 0.25) is 5.91 Å². The Morgan fingerprint density at radius 1 is 0.950 bits per heavy atom. The van der Waals surface area contributed by atoms with Crippen molar-refractivity contribution in [1.29, 1.82) is 0 Å². The SMILES string of the molecule is Cc1cncn1CC(=O)C1CCC1CC(COCc1ccccc1)C(=O)Nc1ccc(Oc2ccccc2)cc1. The van der Waals surface area contributed by atoms with E-state index < -0.39 is 0 Å². The Balaban J connectivity index is 1.21. The zero-order chi connectivity index (χ0) is 27.7. The molecule has 1 amide bonds. The highest BCUT2D eigenvalue weighted by Gasteiger charge is 2.39. The van der Waals surface area contributed by atoms with E-state index in [1.54, 1.807) is 12.5 Å². The van der Waals surface area contributed by atoms with E-state index in [1.807, 2.05) is 96.4 Å². The highest BCUT2D eigenvalue weighted by atomic mass is 16.5. The smallest absolute Gasteiger partial charge is 0.229 e. The lowest BCUT2D eigenvalue weighted by atomic mass is 9.67. The van der Waals surface area contributed by atoms with E-state index >= 15 is 0 Å². The van der Waals surface area contributed by atoms with Crippen molar-refractivity contribution >= 4 is 17.4 Å². The summed E-state index contributed by atoms with van der Waals surface area (Å²) in [4.78, 5) is 30.7. The third-order valence-electron chi connectivity index (χ3n) is 7.57. The molecule has 1 N–H and O–H groups in total. The molecule has 0 bridgehead atoms. The first-order chi connectivity index (χ1) is 19.5. The molecule has 0 radical (unpaired) electrons. The number of rotatable bonds is 13. The van der Waals surface area contributed by atoms with Gasteiger partial charge in [0.15, 0.2) is 5.78 Å². The van der Waals surface area contributed by atoms with Crippen molar-refractivity contribution in [2.75, 3.05) is 11.9 Å². The molecule has 1 fully saturated rings. The molecule has 3 atom stereocenters. The van der Waals surface area contributed by atoms with Gasteiger partial charge in [0.05, 0.1) is 32.0 Å². The van der Waals surface area contributed by atoms with E-state index in [-0.39, 0.29) is 36.1 Å². The van der Waals surface area contributed by atoms with E-state index in [2.05, 4.69) is 10.3 Å². The third-order valence-corrected chi connectivity index (χ3v) is 7.57. The van der Waals surface area contributed by atoms with Crippen LogP contribution in [0.3, 0.4) is 0 Å². The van der Waals surface area contributed by atoms with Gasteiger partial charge in [-0.25, -0.2) is 4.98 Å². The van der Waals surface area contributed by atoms with E-state index in [1.165, 1.54) is 0 Å². The number of ether oxygens (including phenoxy) is 2. The summed E-state index contributed by atoms with van der Waals surface area (Å²) in [6.45, 7) is 2.99. The van der Waals surface area contributed by atoms with Crippen LogP contribution in [0, 0.1) is 24.7 Å². The Labute approximate surface area is 235 Å². The molecule has 40 heavy (non-hydrogen) atoms. The number of anilines is 1. The van der Waals surface area contributed by atoms with Gasteiger partial charge in [-0.05, 0) is 74.1 Å². The van der Waals surface area contributed by atoms with Gasteiger partial charge in [-0.15, -0.1) is 0 Å². The van der Waals surface area contributed by atoms with E-state index in [4.69, 9.17) is 9.47 Å². The summed E-state index contributed by atoms with van der Waals surface area (Å²) in [5, 5.41) is 3.05. The van der Waals surface area contributed by atoms with Crippen LogP contribution >= 0.6 is 0 Å². The summed E-state index contributed by atoms with van der Waals surface area (Å²) in [6, 6.07) is 26.8. The molecule has 206 valence electrons. The van der Waals surface area contributed by atoms with Crippen molar-refractivity contribution in [1.82, 2.24) is 9.55 Å². The fourth-order valence-corrected chi connectivity index (χ4v) is 5.10. The molecule has 1 aromatic heterocycles. The van der Waals surface area contributed by atoms with Gasteiger partial charge in [0, 0.05) is 23.5 Å². The Bertz CT molecular complexity index is 1390. The second-order valence-corrected chi connectivity index (χ2v) is 10.4. The largest absolute Gasteiger partial charge is 0.457 e. The summed E-state index contributed by atoms with van der Waals surface area (Å²) in [5.74, 6) is 1.29. The molecule has 7 heteroatoms. The van der Waals surface area contributed by atoms with Gasteiger partial charge in [-0.3, -0.25) is 9.59 Å². The van der Waals surface area contributed by atoms with Crippen LogP contribution in [0.4, 0.5) is 5.69 Å². The molecule has 3 unspecified atom stereocenters. The Kier molecular flexibility index (Phi) is 9.04. The van der Waals surface area contributed by atoms with Crippen LogP contribution in [-0.2, 0) is 27.5 Å². The lowest BCUT2D eigenvalue weighted by Crippen LogP contribution is -2.39. The highest BCUT2D eigenvalue weighted by Crippen LogP contribution is 2.40. The summed E-state index contributed by atoms with van der Waals surface area (Å²) < 4.78 is 13.8. The second-order valence-electron chi connectivity index (χ2n) is 10.4. The summed E-state index contributed by atoms with van der Waals surface area (Å²) in [5.41, 5.74) is 2.72. The molecule has 1 aliphatic rings. The number of carbonyl (C=O) groups excluding carboxylic acids is 2. The summed E-state index contributed by atoms with van der Waals surface area (Å²) in [7, 11) is 0. The summed E-state index contributed by atoms with van der Waals surface area (Å²) >= 11 is 0. The molecule has 1 saturated carbocycles. The van der Waals surface area contributed by atoms with Gasteiger partial charge in [-0.2, -0.15) is 0 Å². The molecule has 1 heterocycles. The van der Waals surface area contributed by atoms with Gasteiger partial charge >= 0.3 is 0 Å². The average Bonchev–Trinajstić information content (AvgIpc) is 3.35. The lowest BCUT2D eigenvalue weighted by molar-refractivity contribution is -0.131. The Hall–Kier alpha value is -4.23. The van der Waals surface area contributed by atoms with E-state index in [9.17, 15) is 9.59 Å². The number of Topliss-reactive ketones (excluding diaryl/α,β-unsaturated/α-hetero) is 1. The predicted molar refractivity (Wildman–Crippen MR) is 154 cm³/mol. The number of nitrogens with one attached hydrogen (secondary N) is 1. The van der Waals surface area contributed by atoms with Crippen molar-refractivity contribution in [3.8, 4) is 11.5 Å². The summed E-state index contributed by atoms with van der Waals surface area (Å²) in [6.07, 6.45) is 5.86. The van der Waals surface area contributed by atoms with Crippen molar-refractivity contribution in [3.63, 3.8) is 0 Å². The molecular formula is C33H35N3O4. The molecule has 5 rings (SSSR count). The third kappa shape index (κ3) is 7.24. The van der Waals surface area contributed by atoms with Crippen molar-refractivity contribution in [2.45, 2.75) is 39.3 Å². The number of carbonyl (C=O) groups is 2. The van der Waals surface area contributed by atoms with Gasteiger partial charge in [-0.1, -0.05) is 48.5 Å². The van der Waals surface area contributed by atoms with Crippen LogP contribution in [0.1, 0.15) is 30.5 Å². The molecule has 0 aliphatic heterocycles. The molecule has 0 saturated heterocycles. The first-order valence-corrected chi connectivity index (χ1v) is 13.8. The quantitative estimate of drug-likeness (QED) is 0.212. The Morgan fingerprint density at radius 2 is 1.65 bits per heavy atom. The average molecular weight is 538 g/mol. The molecule has 7 nitrogen and oxygen atoms in total. The van der Waals surface area contributed by atoms with Gasteiger partial charge in [0.1, 0.15) is 11.5 Å². The first-order valence-electron chi connectivity index (χ1n) is 13.8. The maximum Gasteiger partial charge on any atom is 0.229 e. The van der Waals surface area contributed by atoms with Crippen molar-refractivity contribution in [3.05, 3.63) is 109 Å². The highest BCUT2D eigenvalue weighted by molar-refractivity contribution is 5.92. The Morgan fingerprint density at radius 3 is 2.30 bits per heavy atom. The fraction of sp³-hybridized carbons (Fsp3) is 0.303. The van der Waals surface area contributed by atoms with Gasteiger partial charge < -0.3 is 19.4 Å². The van der Waals surface area contributed by atoms with E-state index in [0.717, 1.165) is 29.8 Å².